The fourth-order valence-corrected chi connectivity index (χ4v) is 3.29. The molecule has 0 fully saturated rings. The Morgan fingerprint density at radius 1 is 1.11 bits per heavy atom. The van der Waals surface area contributed by atoms with Crippen molar-refractivity contribution in [2.24, 2.45) is 7.05 Å². The topological polar surface area (TPSA) is 60.3 Å². The molecular weight excluding hydrogens is 411 g/mol. The minimum atomic E-state index is -0.598. The zero-order valence-electron chi connectivity index (χ0n) is 14.5. The minimum absolute atomic E-state index is 0.0270. The lowest BCUT2D eigenvalue weighted by Gasteiger charge is -2.12. The van der Waals surface area contributed by atoms with E-state index in [4.69, 9.17) is 39.5 Å². The SMILES string of the molecule is CCOc1ccc2c(c1)c(=O)c(C(=O)Nc1cc(Cl)c(Cl)cc1Cl)cn2C. The van der Waals surface area contributed by atoms with Gasteiger partial charge in [0.25, 0.3) is 5.91 Å². The highest BCUT2D eigenvalue weighted by molar-refractivity contribution is 6.44. The molecule has 0 spiro atoms. The number of carbonyl (C=O) groups is 1. The van der Waals surface area contributed by atoms with Crippen LogP contribution in [0.3, 0.4) is 0 Å². The molecule has 0 bridgehead atoms. The highest BCUT2D eigenvalue weighted by Crippen LogP contribution is 2.32. The Morgan fingerprint density at radius 3 is 2.52 bits per heavy atom. The number of pyridine rings is 1. The highest BCUT2D eigenvalue weighted by atomic mass is 35.5. The Morgan fingerprint density at radius 2 is 1.81 bits per heavy atom. The Kier molecular flexibility index (Phi) is 5.65. The van der Waals surface area contributed by atoms with Gasteiger partial charge in [0, 0.05) is 13.2 Å². The maximum atomic E-state index is 12.9. The number of benzene rings is 2. The number of nitrogens with one attached hydrogen (secondary N) is 1. The van der Waals surface area contributed by atoms with Crippen molar-refractivity contribution >= 4 is 57.3 Å². The van der Waals surface area contributed by atoms with Gasteiger partial charge in [-0.3, -0.25) is 9.59 Å². The summed E-state index contributed by atoms with van der Waals surface area (Å²) in [5, 5.41) is 3.72. The van der Waals surface area contributed by atoms with E-state index in [9.17, 15) is 9.59 Å². The zero-order chi connectivity index (χ0) is 19.7. The lowest BCUT2D eigenvalue weighted by molar-refractivity contribution is 0.102. The van der Waals surface area contributed by atoms with E-state index >= 15 is 0 Å². The summed E-state index contributed by atoms with van der Waals surface area (Å²) in [6, 6.07) is 8.04. The molecule has 0 unspecified atom stereocenters. The van der Waals surface area contributed by atoms with E-state index in [1.807, 2.05) is 6.92 Å². The van der Waals surface area contributed by atoms with Crippen molar-refractivity contribution in [1.82, 2.24) is 4.57 Å². The molecule has 0 saturated carbocycles. The van der Waals surface area contributed by atoms with Crippen molar-refractivity contribution in [3.05, 3.63) is 67.4 Å². The van der Waals surface area contributed by atoms with E-state index < -0.39 is 11.3 Å². The number of aryl methyl sites for hydroxylation is 1. The van der Waals surface area contributed by atoms with Gasteiger partial charge < -0.3 is 14.6 Å². The molecule has 0 aliphatic rings. The second-order valence-electron chi connectivity index (χ2n) is 5.80. The Labute approximate surface area is 170 Å². The van der Waals surface area contributed by atoms with Crippen LogP contribution in [0.2, 0.25) is 15.1 Å². The van der Waals surface area contributed by atoms with Gasteiger partial charge in [-0.15, -0.1) is 0 Å². The first-order valence-corrected chi connectivity index (χ1v) is 9.17. The third-order valence-electron chi connectivity index (χ3n) is 3.97. The van der Waals surface area contributed by atoms with Crippen molar-refractivity contribution in [2.75, 3.05) is 11.9 Å². The molecule has 0 atom stereocenters. The number of rotatable bonds is 4. The molecule has 1 aromatic heterocycles. The second-order valence-corrected chi connectivity index (χ2v) is 7.02. The minimum Gasteiger partial charge on any atom is -0.494 e. The summed E-state index contributed by atoms with van der Waals surface area (Å²) in [4.78, 5) is 25.6. The van der Waals surface area contributed by atoms with Gasteiger partial charge in [0.2, 0.25) is 5.43 Å². The van der Waals surface area contributed by atoms with Gasteiger partial charge in [-0.2, -0.15) is 0 Å². The summed E-state index contributed by atoms with van der Waals surface area (Å²) in [5.74, 6) is -0.0354. The van der Waals surface area contributed by atoms with E-state index in [1.165, 1.54) is 18.3 Å². The summed E-state index contributed by atoms with van der Waals surface area (Å²) >= 11 is 18.0. The lowest BCUT2D eigenvalue weighted by atomic mass is 10.1. The van der Waals surface area contributed by atoms with Gasteiger partial charge in [0.05, 0.1) is 38.3 Å². The van der Waals surface area contributed by atoms with Crippen LogP contribution >= 0.6 is 34.8 Å². The Hall–Kier alpha value is -2.21. The molecule has 0 aliphatic carbocycles. The molecule has 3 rings (SSSR count). The van der Waals surface area contributed by atoms with Crippen LogP contribution in [0.5, 0.6) is 5.75 Å². The largest absolute Gasteiger partial charge is 0.494 e. The predicted molar refractivity (Wildman–Crippen MR) is 110 cm³/mol. The van der Waals surface area contributed by atoms with Gasteiger partial charge in [0.1, 0.15) is 11.3 Å². The van der Waals surface area contributed by atoms with Gasteiger partial charge in [-0.25, -0.2) is 0 Å². The van der Waals surface area contributed by atoms with Crippen LogP contribution < -0.4 is 15.5 Å². The molecule has 0 aliphatic heterocycles. The Bertz CT molecular complexity index is 1110. The first-order chi connectivity index (χ1) is 12.8. The van der Waals surface area contributed by atoms with E-state index in [2.05, 4.69) is 5.32 Å². The quantitative estimate of drug-likeness (QED) is 0.588. The number of aromatic nitrogens is 1. The smallest absolute Gasteiger partial charge is 0.261 e. The fraction of sp³-hybridized carbons (Fsp3) is 0.158. The molecule has 27 heavy (non-hydrogen) atoms. The van der Waals surface area contributed by atoms with Crippen molar-refractivity contribution < 1.29 is 9.53 Å². The molecule has 8 heteroatoms. The van der Waals surface area contributed by atoms with Crippen LogP contribution in [0.15, 0.2) is 41.3 Å². The van der Waals surface area contributed by atoms with Crippen LogP contribution in [0.1, 0.15) is 17.3 Å². The van der Waals surface area contributed by atoms with Crippen LogP contribution in [0.4, 0.5) is 5.69 Å². The fourth-order valence-electron chi connectivity index (χ4n) is 2.70. The van der Waals surface area contributed by atoms with E-state index in [-0.39, 0.29) is 26.3 Å². The van der Waals surface area contributed by atoms with Gasteiger partial charge in [-0.05, 0) is 37.3 Å². The molecule has 0 radical (unpaired) electrons. The van der Waals surface area contributed by atoms with Crippen molar-refractivity contribution in [2.45, 2.75) is 6.92 Å². The second kappa shape index (κ2) is 7.80. The van der Waals surface area contributed by atoms with E-state index in [1.54, 1.807) is 29.8 Å². The number of carbonyl (C=O) groups excluding carboxylic acids is 1. The summed E-state index contributed by atoms with van der Waals surface area (Å²) < 4.78 is 7.16. The number of fused-ring (bicyclic) bond motifs is 1. The van der Waals surface area contributed by atoms with Crippen molar-refractivity contribution in [3.8, 4) is 5.75 Å². The molecule has 1 amide bonds. The van der Waals surface area contributed by atoms with Crippen molar-refractivity contribution in [3.63, 3.8) is 0 Å². The Balaban J connectivity index is 2.06. The number of halogens is 3. The maximum absolute atomic E-state index is 12.9. The first-order valence-electron chi connectivity index (χ1n) is 8.04. The maximum Gasteiger partial charge on any atom is 0.261 e. The van der Waals surface area contributed by atoms with Gasteiger partial charge in [-0.1, -0.05) is 34.8 Å². The van der Waals surface area contributed by atoms with Crippen LogP contribution in [0.25, 0.3) is 10.9 Å². The molecule has 0 saturated heterocycles. The highest BCUT2D eigenvalue weighted by Gasteiger charge is 2.17. The number of hydrogen-bond donors (Lipinski definition) is 1. The monoisotopic (exact) mass is 424 g/mol. The molecule has 140 valence electrons. The number of amides is 1. The molecule has 1 heterocycles. The predicted octanol–water partition coefficient (Wildman–Crippen LogP) is 5.15. The van der Waals surface area contributed by atoms with Crippen molar-refractivity contribution in [1.29, 1.82) is 0 Å². The average Bonchev–Trinajstić information content (AvgIpc) is 2.62. The molecule has 3 aromatic rings. The summed E-state index contributed by atoms with van der Waals surface area (Å²) in [6.07, 6.45) is 1.48. The molecular formula is C19H15Cl3N2O3. The number of hydrogen-bond acceptors (Lipinski definition) is 3. The summed E-state index contributed by atoms with van der Waals surface area (Å²) in [7, 11) is 1.76. The lowest BCUT2D eigenvalue weighted by Crippen LogP contribution is -2.23. The van der Waals surface area contributed by atoms with Gasteiger partial charge >= 0.3 is 0 Å². The van der Waals surface area contributed by atoms with Gasteiger partial charge in [0.15, 0.2) is 0 Å². The number of ether oxygens (including phenoxy) is 1. The first kappa shape index (κ1) is 19.5. The van der Waals surface area contributed by atoms with E-state index in [0.29, 0.717) is 23.3 Å². The van der Waals surface area contributed by atoms with Crippen LogP contribution in [-0.2, 0) is 7.05 Å². The summed E-state index contributed by atoms with van der Waals surface area (Å²) in [6.45, 7) is 2.33. The normalized spacial score (nSPS) is 10.9. The third kappa shape index (κ3) is 3.90. The average molecular weight is 426 g/mol. The molecule has 5 nitrogen and oxygen atoms in total. The molecule has 2 aromatic carbocycles. The zero-order valence-corrected chi connectivity index (χ0v) is 16.7. The number of anilines is 1. The van der Waals surface area contributed by atoms with Crippen LogP contribution in [0, 0.1) is 0 Å². The molecule has 1 N–H and O–H groups in total. The van der Waals surface area contributed by atoms with Crippen LogP contribution in [-0.4, -0.2) is 17.1 Å². The number of nitrogens with zero attached hydrogens (tertiary/aromatic N) is 1. The third-order valence-corrected chi connectivity index (χ3v) is 5.01. The van der Waals surface area contributed by atoms with E-state index in [0.717, 1.165) is 0 Å². The summed E-state index contributed by atoms with van der Waals surface area (Å²) in [5.41, 5.74) is 0.521. The standard InChI is InChI=1S/C19H15Cl3N2O3/c1-3-27-10-4-5-17-11(6-10)18(25)12(9-24(17)2)19(26)23-16-8-14(21)13(20)7-15(16)22/h4-9H,3H2,1-2H3,(H,23,26).